The van der Waals surface area contributed by atoms with Gasteiger partial charge in [0.05, 0.1) is 6.61 Å². The third-order valence-corrected chi connectivity index (χ3v) is 14.2. The van der Waals surface area contributed by atoms with Crippen LogP contribution in [0.25, 0.3) is 0 Å². The van der Waals surface area contributed by atoms with Gasteiger partial charge in [-0.2, -0.15) is 15.0 Å². The second kappa shape index (κ2) is 53.1. The summed E-state index contributed by atoms with van der Waals surface area (Å²) in [5.74, 6) is 1.75. The molecule has 9 nitrogen and oxygen atoms in total. The molecule has 0 saturated heterocycles. The van der Waals surface area contributed by atoms with Crippen LogP contribution < -0.4 is 16.0 Å². The van der Waals surface area contributed by atoms with Crippen LogP contribution in [0.1, 0.15) is 297 Å². The molecule has 0 aliphatic rings. The summed E-state index contributed by atoms with van der Waals surface area (Å²) in [7, 11) is 0. The summed E-state index contributed by atoms with van der Waals surface area (Å²) in [5.41, 5.74) is 0. The Bertz CT molecular complexity index is 1000. The molecule has 4 N–H and O–H groups in total. The van der Waals surface area contributed by atoms with E-state index in [0.717, 1.165) is 39.0 Å². The average molecular weight is 958 g/mol. The summed E-state index contributed by atoms with van der Waals surface area (Å²) >= 11 is 0. The van der Waals surface area contributed by atoms with Gasteiger partial charge in [0.15, 0.2) is 0 Å². The Hall–Kier alpha value is -1.71. The molecule has 0 aliphatic heterocycles. The Morgan fingerprint density at radius 2 is 0.456 bits per heavy atom. The van der Waals surface area contributed by atoms with Gasteiger partial charge in [-0.15, -0.1) is 0 Å². The fourth-order valence-electron chi connectivity index (χ4n) is 9.75. The number of hydrogen-bond donors (Lipinski definition) is 4. The SMILES string of the molecule is CCCCCCCCCCCCN(CCCCCCCCCCCC)CCCNc1nc(NCCO)nc(NCCCN(CCCCCCCCCCCC)CCCCCCCCCCCC)n1. The number of unbranched alkanes of at least 4 members (excludes halogenated alkanes) is 36. The number of aromatic nitrogens is 3. The van der Waals surface area contributed by atoms with Crippen LogP contribution in [0.2, 0.25) is 0 Å². The Morgan fingerprint density at radius 3 is 0.676 bits per heavy atom. The fourth-order valence-corrected chi connectivity index (χ4v) is 9.75. The lowest BCUT2D eigenvalue weighted by molar-refractivity contribution is 0.259. The van der Waals surface area contributed by atoms with Gasteiger partial charge in [0, 0.05) is 19.6 Å². The maximum absolute atomic E-state index is 9.55. The van der Waals surface area contributed by atoms with Crippen molar-refractivity contribution >= 4 is 17.8 Å². The number of hydrogen-bond acceptors (Lipinski definition) is 9. The van der Waals surface area contributed by atoms with E-state index in [9.17, 15) is 5.11 Å². The highest BCUT2D eigenvalue weighted by atomic mass is 16.3. The summed E-state index contributed by atoms with van der Waals surface area (Å²) in [6.07, 6.45) is 57.8. The molecule has 0 bridgehead atoms. The zero-order valence-electron chi connectivity index (χ0n) is 46.5. The van der Waals surface area contributed by atoms with E-state index in [4.69, 9.17) is 15.0 Å². The van der Waals surface area contributed by atoms with Gasteiger partial charge in [-0.25, -0.2) is 0 Å². The molecule has 0 aliphatic carbocycles. The van der Waals surface area contributed by atoms with Crippen molar-refractivity contribution in [2.45, 2.75) is 297 Å². The highest BCUT2D eigenvalue weighted by molar-refractivity contribution is 5.42. The first-order valence-corrected chi connectivity index (χ1v) is 30.7. The zero-order chi connectivity index (χ0) is 48.9. The topological polar surface area (TPSA) is 101 Å². The van der Waals surface area contributed by atoms with Crippen LogP contribution in [-0.4, -0.2) is 95.4 Å². The number of rotatable bonds is 57. The van der Waals surface area contributed by atoms with Crippen molar-refractivity contribution in [3.63, 3.8) is 0 Å². The molecule has 0 atom stereocenters. The van der Waals surface area contributed by atoms with Crippen LogP contribution in [-0.2, 0) is 0 Å². The number of nitrogens with one attached hydrogen (secondary N) is 3. The summed E-state index contributed by atoms with van der Waals surface area (Å²) in [6.45, 7) is 18.5. The monoisotopic (exact) mass is 957 g/mol. The Kier molecular flexibility index (Phi) is 50.2. The average Bonchev–Trinajstić information content (AvgIpc) is 3.35. The standard InChI is InChI=1S/C59H120N8O/c1-5-9-13-17-21-25-29-33-37-41-50-66(51-42-38-34-30-26-22-18-14-10-6-2)54-45-47-60-57-63-58(65-59(64-57)62-49-56-68)61-48-46-55-67(52-43-39-35-31-27-23-19-15-11-7-3)53-44-40-36-32-28-24-20-16-12-8-4/h68H,5-56H2,1-4H3,(H3,60,61,62,63,64,65). The van der Waals surface area contributed by atoms with Crippen LogP contribution in [0.5, 0.6) is 0 Å². The molecule has 1 aromatic heterocycles. The Morgan fingerprint density at radius 1 is 0.265 bits per heavy atom. The van der Waals surface area contributed by atoms with Gasteiger partial charge in [-0.1, -0.05) is 259 Å². The van der Waals surface area contributed by atoms with E-state index in [0.29, 0.717) is 24.4 Å². The summed E-state index contributed by atoms with van der Waals surface area (Å²) in [4.78, 5) is 19.7. The first kappa shape index (κ1) is 64.3. The van der Waals surface area contributed by atoms with E-state index in [1.807, 2.05) is 0 Å². The van der Waals surface area contributed by atoms with Gasteiger partial charge < -0.3 is 30.9 Å². The summed E-state index contributed by atoms with van der Waals surface area (Å²) in [5, 5.41) is 19.8. The van der Waals surface area contributed by atoms with Gasteiger partial charge in [0.25, 0.3) is 0 Å². The molecule has 1 rings (SSSR count). The van der Waals surface area contributed by atoms with Crippen molar-refractivity contribution < 1.29 is 5.11 Å². The lowest BCUT2D eigenvalue weighted by Crippen LogP contribution is -2.29. The Balaban J connectivity index is 2.65. The predicted octanol–water partition coefficient (Wildman–Crippen LogP) is 17.2. The maximum atomic E-state index is 9.55. The van der Waals surface area contributed by atoms with Gasteiger partial charge in [-0.05, 0) is 77.8 Å². The maximum Gasteiger partial charge on any atom is 0.229 e. The minimum absolute atomic E-state index is 0.0407. The molecule has 1 heterocycles. The van der Waals surface area contributed by atoms with E-state index in [1.54, 1.807) is 0 Å². The third-order valence-electron chi connectivity index (χ3n) is 14.2. The summed E-state index contributed by atoms with van der Waals surface area (Å²) < 4.78 is 0. The zero-order valence-corrected chi connectivity index (χ0v) is 46.5. The van der Waals surface area contributed by atoms with Gasteiger partial charge >= 0.3 is 0 Å². The number of anilines is 3. The number of aliphatic hydroxyl groups is 1. The highest BCUT2D eigenvalue weighted by Crippen LogP contribution is 2.17. The number of nitrogens with zero attached hydrogens (tertiary/aromatic N) is 5. The minimum Gasteiger partial charge on any atom is -0.395 e. The first-order valence-electron chi connectivity index (χ1n) is 30.7. The van der Waals surface area contributed by atoms with E-state index in [-0.39, 0.29) is 6.61 Å². The van der Waals surface area contributed by atoms with Crippen LogP contribution in [0.4, 0.5) is 17.8 Å². The molecule has 0 fully saturated rings. The molecule has 0 spiro atoms. The molecule has 9 heteroatoms. The van der Waals surface area contributed by atoms with Crippen molar-refractivity contribution in [1.29, 1.82) is 0 Å². The molecule has 0 amide bonds. The van der Waals surface area contributed by atoms with Crippen molar-refractivity contribution in [1.82, 2.24) is 24.8 Å². The van der Waals surface area contributed by atoms with Crippen molar-refractivity contribution in [3.05, 3.63) is 0 Å². The normalized spacial score (nSPS) is 11.7. The second-order valence-corrected chi connectivity index (χ2v) is 20.9. The van der Waals surface area contributed by atoms with Gasteiger partial charge in [0.2, 0.25) is 17.8 Å². The smallest absolute Gasteiger partial charge is 0.229 e. The predicted molar refractivity (Wildman–Crippen MR) is 302 cm³/mol. The lowest BCUT2D eigenvalue weighted by atomic mass is 10.1. The van der Waals surface area contributed by atoms with Crippen LogP contribution in [0.15, 0.2) is 0 Å². The minimum atomic E-state index is 0.0407. The summed E-state index contributed by atoms with van der Waals surface area (Å²) in [6, 6.07) is 0. The molecule has 0 saturated carbocycles. The quantitative estimate of drug-likeness (QED) is 0.0476. The van der Waals surface area contributed by atoms with Crippen molar-refractivity contribution in [2.24, 2.45) is 0 Å². The molecular formula is C59H120N8O. The van der Waals surface area contributed by atoms with Gasteiger partial charge in [-0.3, -0.25) is 0 Å². The van der Waals surface area contributed by atoms with E-state index >= 15 is 0 Å². The molecular weight excluding hydrogens is 837 g/mol. The van der Waals surface area contributed by atoms with Crippen LogP contribution >= 0.6 is 0 Å². The van der Waals surface area contributed by atoms with Crippen molar-refractivity contribution in [2.75, 3.05) is 81.5 Å². The fraction of sp³-hybridized carbons (Fsp3) is 0.949. The molecule has 0 aromatic carbocycles. The molecule has 1 aromatic rings. The first-order chi connectivity index (χ1) is 33.7. The lowest BCUT2D eigenvalue weighted by Gasteiger charge is -2.23. The number of aliphatic hydroxyl groups excluding tert-OH is 1. The van der Waals surface area contributed by atoms with Crippen LogP contribution in [0, 0.1) is 0 Å². The Labute approximate surface area is 424 Å². The molecule has 0 radical (unpaired) electrons. The highest BCUT2D eigenvalue weighted by Gasteiger charge is 2.10. The second-order valence-electron chi connectivity index (χ2n) is 20.9. The molecule has 0 unspecified atom stereocenters. The molecule has 68 heavy (non-hydrogen) atoms. The third kappa shape index (κ3) is 44.2. The molecule has 402 valence electrons. The van der Waals surface area contributed by atoms with E-state index in [1.165, 1.54) is 283 Å². The van der Waals surface area contributed by atoms with E-state index < -0.39 is 0 Å². The van der Waals surface area contributed by atoms with E-state index in [2.05, 4.69) is 53.4 Å². The van der Waals surface area contributed by atoms with Crippen molar-refractivity contribution in [3.8, 4) is 0 Å². The van der Waals surface area contributed by atoms with Crippen LogP contribution in [0.3, 0.4) is 0 Å². The largest absolute Gasteiger partial charge is 0.395 e. The van der Waals surface area contributed by atoms with Gasteiger partial charge in [0.1, 0.15) is 0 Å².